The van der Waals surface area contributed by atoms with E-state index in [0.29, 0.717) is 5.69 Å². The monoisotopic (exact) mass is 613 g/mol. The van der Waals surface area contributed by atoms with Crippen molar-refractivity contribution in [3.8, 4) is 0 Å². The number of halogens is 1. The molecule has 3 rings (SSSR count). The minimum Gasteiger partial charge on any atom is -0.352 e. The number of amides is 2. The van der Waals surface area contributed by atoms with Crippen molar-refractivity contribution in [1.29, 1.82) is 0 Å². The molecule has 0 aliphatic heterocycles. The molecule has 0 saturated heterocycles. The lowest BCUT2D eigenvalue weighted by molar-refractivity contribution is -0.139. The molecular weight excluding hydrogens is 578 g/mol. The molecule has 0 bridgehead atoms. The Bertz CT molecular complexity index is 1410. The van der Waals surface area contributed by atoms with Crippen LogP contribution in [0.3, 0.4) is 0 Å². The Morgan fingerprint density at radius 2 is 1.62 bits per heavy atom. The standard InChI is InChI=1S/C30H36BrN3O4S/c1-6-22(3)32-30(36)24(5)33(19-25-13-11-14-26(31)18-25)29(35)20-34(28-17-10-12-21(2)23(28)4)39(37,38)27-15-8-7-9-16-27/h7-18,22,24H,6,19-20H2,1-5H3,(H,32,36)/t22-,24-/m0/s1. The van der Waals surface area contributed by atoms with E-state index in [4.69, 9.17) is 0 Å². The summed E-state index contributed by atoms with van der Waals surface area (Å²) in [5.41, 5.74) is 2.89. The third-order valence-corrected chi connectivity index (χ3v) is 9.13. The van der Waals surface area contributed by atoms with Crippen molar-refractivity contribution in [3.05, 3.63) is 94.0 Å². The first-order chi connectivity index (χ1) is 18.4. The number of hydrogen-bond donors (Lipinski definition) is 1. The van der Waals surface area contributed by atoms with Gasteiger partial charge in [-0.05, 0) is 81.1 Å². The van der Waals surface area contributed by atoms with Crippen LogP contribution in [-0.4, -0.2) is 43.8 Å². The number of benzene rings is 3. The lowest BCUT2D eigenvalue weighted by atomic mass is 10.1. The molecule has 2 atom stereocenters. The molecule has 0 aromatic heterocycles. The van der Waals surface area contributed by atoms with Crippen LogP contribution in [0.1, 0.15) is 43.9 Å². The van der Waals surface area contributed by atoms with Gasteiger partial charge in [0.05, 0.1) is 10.6 Å². The smallest absolute Gasteiger partial charge is 0.264 e. The van der Waals surface area contributed by atoms with E-state index >= 15 is 0 Å². The summed E-state index contributed by atoms with van der Waals surface area (Å²) in [6, 6.07) is 20.0. The van der Waals surface area contributed by atoms with Crippen molar-refractivity contribution in [3.63, 3.8) is 0 Å². The van der Waals surface area contributed by atoms with E-state index in [1.54, 1.807) is 37.3 Å². The Balaban J connectivity index is 2.06. The van der Waals surface area contributed by atoms with Crippen molar-refractivity contribution in [2.75, 3.05) is 10.8 Å². The van der Waals surface area contributed by atoms with Gasteiger partial charge in [0.25, 0.3) is 10.0 Å². The van der Waals surface area contributed by atoms with Crippen LogP contribution in [-0.2, 0) is 26.2 Å². The normalized spacial score (nSPS) is 12.9. The van der Waals surface area contributed by atoms with Gasteiger partial charge in [-0.3, -0.25) is 13.9 Å². The first kappa shape index (κ1) is 30.4. The third kappa shape index (κ3) is 7.48. The first-order valence-electron chi connectivity index (χ1n) is 12.9. The van der Waals surface area contributed by atoms with Crippen molar-refractivity contribution in [2.24, 2.45) is 0 Å². The highest BCUT2D eigenvalue weighted by atomic mass is 79.9. The number of carbonyl (C=O) groups is 2. The maximum atomic E-state index is 14.0. The highest BCUT2D eigenvalue weighted by Gasteiger charge is 2.33. The summed E-state index contributed by atoms with van der Waals surface area (Å²) in [7, 11) is -4.09. The van der Waals surface area contributed by atoms with Crippen molar-refractivity contribution < 1.29 is 18.0 Å². The fourth-order valence-corrected chi connectivity index (χ4v) is 6.06. The highest BCUT2D eigenvalue weighted by molar-refractivity contribution is 9.10. The molecule has 208 valence electrons. The van der Waals surface area contributed by atoms with Crippen LogP contribution in [0.15, 0.2) is 82.2 Å². The maximum absolute atomic E-state index is 14.0. The number of hydrogen-bond acceptors (Lipinski definition) is 4. The van der Waals surface area contributed by atoms with Gasteiger partial charge in [0, 0.05) is 17.1 Å². The van der Waals surface area contributed by atoms with E-state index in [-0.39, 0.29) is 23.4 Å². The van der Waals surface area contributed by atoms with Crippen molar-refractivity contribution in [2.45, 2.75) is 64.6 Å². The largest absolute Gasteiger partial charge is 0.352 e. The molecular formula is C30H36BrN3O4S. The molecule has 0 spiro atoms. The zero-order chi connectivity index (χ0) is 28.7. The Labute approximate surface area is 240 Å². The average molecular weight is 615 g/mol. The number of nitrogens with zero attached hydrogens (tertiary/aromatic N) is 2. The minimum absolute atomic E-state index is 0.0623. The van der Waals surface area contributed by atoms with Gasteiger partial charge >= 0.3 is 0 Å². The van der Waals surface area contributed by atoms with Gasteiger partial charge in [-0.1, -0.05) is 65.3 Å². The lowest BCUT2D eigenvalue weighted by Crippen LogP contribution is -2.52. The average Bonchev–Trinajstić information content (AvgIpc) is 2.92. The van der Waals surface area contributed by atoms with Gasteiger partial charge in [-0.2, -0.15) is 0 Å². The van der Waals surface area contributed by atoms with E-state index in [1.807, 2.05) is 58.0 Å². The van der Waals surface area contributed by atoms with E-state index in [1.165, 1.54) is 17.0 Å². The number of sulfonamides is 1. The lowest BCUT2D eigenvalue weighted by Gasteiger charge is -2.33. The number of rotatable bonds is 11. The molecule has 7 nitrogen and oxygen atoms in total. The Hall–Kier alpha value is -3.17. The third-order valence-electron chi connectivity index (χ3n) is 6.87. The summed E-state index contributed by atoms with van der Waals surface area (Å²) in [5.74, 6) is -0.779. The van der Waals surface area contributed by atoms with Gasteiger partial charge < -0.3 is 10.2 Å². The number of aryl methyl sites for hydroxylation is 1. The number of carbonyl (C=O) groups excluding carboxylic acids is 2. The SMILES string of the molecule is CC[C@H](C)NC(=O)[C@H](C)N(Cc1cccc(Br)c1)C(=O)CN(c1cccc(C)c1C)S(=O)(=O)c1ccccc1. The van der Waals surface area contributed by atoms with Crippen LogP contribution in [0.25, 0.3) is 0 Å². The molecule has 2 amide bonds. The predicted molar refractivity (Wildman–Crippen MR) is 159 cm³/mol. The predicted octanol–water partition coefficient (Wildman–Crippen LogP) is 5.59. The van der Waals surface area contributed by atoms with Crippen LogP contribution in [0, 0.1) is 13.8 Å². The van der Waals surface area contributed by atoms with Gasteiger partial charge in [-0.15, -0.1) is 0 Å². The van der Waals surface area contributed by atoms with Gasteiger partial charge in [0.2, 0.25) is 11.8 Å². The quantitative estimate of drug-likeness (QED) is 0.305. The van der Waals surface area contributed by atoms with E-state index in [9.17, 15) is 18.0 Å². The summed E-state index contributed by atoms with van der Waals surface area (Å²) in [5, 5.41) is 2.95. The van der Waals surface area contributed by atoms with E-state index < -0.39 is 28.5 Å². The van der Waals surface area contributed by atoms with Gasteiger partial charge in [0.15, 0.2) is 0 Å². The second-order valence-corrected chi connectivity index (χ2v) is 12.5. The van der Waals surface area contributed by atoms with Crippen LogP contribution in [0.4, 0.5) is 5.69 Å². The molecule has 9 heteroatoms. The summed E-state index contributed by atoms with van der Waals surface area (Å²) in [6.45, 7) is 8.95. The molecule has 0 fully saturated rings. The van der Waals surface area contributed by atoms with Crippen LogP contribution in [0.5, 0.6) is 0 Å². The maximum Gasteiger partial charge on any atom is 0.264 e. The molecule has 3 aromatic carbocycles. The second kappa shape index (κ2) is 13.3. The van der Waals surface area contributed by atoms with Crippen LogP contribution < -0.4 is 9.62 Å². The molecule has 3 aromatic rings. The summed E-state index contributed by atoms with van der Waals surface area (Å²) < 4.78 is 29.8. The number of nitrogens with one attached hydrogen (secondary N) is 1. The fourth-order valence-electron chi connectivity index (χ4n) is 4.12. The van der Waals surface area contributed by atoms with Crippen molar-refractivity contribution >= 4 is 43.5 Å². The molecule has 0 aliphatic carbocycles. The fraction of sp³-hybridized carbons (Fsp3) is 0.333. The molecule has 39 heavy (non-hydrogen) atoms. The van der Waals surface area contributed by atoms with E-state index in [2.05, 4.69) is 21.2 Å². The van der Waals surface area contributed by atoms with Gasteiger partial charge in [-0.25, -0.2) is 8.42 Å². The molecule has 0 aliphatic rings. The molecule has 0 radical (unpaired) electrons. The first-order valence-corrected chi connectivity index (χ1v) is 15.2. The minimum atomic E-state index is -4.09. The zero-order valence-corrected chi connectivity index (χ0v) is 25.4. The van der Waals surface area contributed by atoms with Crippen molar-refractivity contribution in [1.82, 2.24) is 10.2 Å². The summed E-state index contributed by atoms with van der Waals surface area (Å²) in [4.78, 5) is 28.7. The molecule has 0 heterocycles. The van der Waals surface area contributed by atoms with Crippen LogP contribution >= 0.6 is 15.9 Å². The molecule has 1 N–H and O–H groups in total. The zero-order valence-electron chi connectivity index (χ0n) is 23.0. The highest BCUT2D eigenvalue weighted by Crippen LogP contribution is 2.29. The summed E-state index contributed by atoms with van der Waals surface area (Å²) >= 11 is 3.46. The van der Waals surface area contributed by atoms with Crippen LogP contribution in [0.2, 0.25) is 0 Å². The molecule has 0 saturated carbocycles. The summed E-state index contributed by atoms with van der Waals surface area (Å²) in [6.07, 6.45) is 0.744. The number of anilines is 1. The Morgan fingerprint density at radius 3 is 2.26 bits per heavy atom. The molecule has 0 unspecified atom stereocenters. The second-order valence-electron chi connectivity index (χ2n) is 9.69. The van der Waals surface area contributed by atoms with Gasteiger partial charge in [0.1, 0.15) is 12.6 Å². The topological polar surface area (TPSA) is 86.8 Å². The Kier molecular flexibility index (Phi) is 10.3. The van der Waals surface area contributed by atoms with E-state index in [0.717, 1.165) is 31.9 Å². The Morgan fingerprint density at radius 1 is 0.949 bits per heavy atom.